The molecule has 0 aliphatic carbocycles. The summed E-state index contributed by atoms with van der Waals surface area (Å²) in [5.41, 5.74) is 5.21. The first kappa shape index (κ1) is 14.1. The minimum atomic E-state index is -1.33. The summed E-state index contributed by atoms with van der Waals surface area (Å²) in [5.74, 6) is -0.294. The second-order valence-corrected chi connectivity index (χ2v) is 4.74. The summed E-state index contributed by atoms with van der Waals surface area (Å²) in [6.45, 7) is 3.92. The molecule has 0 aliphatic heterocycles. The van der Waals surface area contributed by atoms with Gasteiger partial charge in [-0.15, -0.1) is 0 Å². The van der Waals surface area contributed by atoms with Crippen molar-refractivity contribution in [3.63, 3.8) is 0 Å². The molecule has 0 saturated carbocycles. The van der Waals surface area contributed by atoms with Crippen LogP contribution in [0.5, 0.6) is 0 Å². The SMILES string of the molecule is CCNC(=O)NC(=O)C(C)S(=O)CCN. The van der Waals surface area contributed by atoms with Crippen molar-refractivity contribution in [2.24, 2.45) is 5.73 Å². The van der Waals surface area contributed by atoms with Gasteiger partial charge >= 0.3 is 6.03 Å². The van der Waals surface area contributed by atoms with Crippen molar-refractivity contribution in [1.29, 1.82) is 0 Å². The van der Waals surface area contributed by atoms with E-state index in [1.54, 1.807) is 6.92 Å². The van der Waals surface area contributed by atoms with Gasteiger partial charge in [0.1, 0.15) is 5.25 Å². The van der Waals surface area contributed by atoms with E-state index in [9.17, 15) is 13.8 Å². The molecule has 15 heavy (non-hydrogen) atoms. The average molecular weight is 235 g/mol. The third kappa shape index (κ3) is 5.48. The molecule has 0 aromatic rings. The number of amides is 3. The van der Waals surface area contributed by atoms with Crippen LogP contribution < -0.4 is 16.4 Å². The number of hydrogen-bond donors (Lipinski definition) is 3. The minimum Gasteiger partial charge on any atom is -0.338 e. The Kier molecular flexibility index (Phi) is 6.89. The van der Waals surface area contributed by atoms with E-state index in [-0.39, 0.29) is 12.3 Å². The Morgan fingerprint density at radius 1 is 1.47 bits per heavy atom. The zero-order valence-corrected chi connectivity index (χ0v) is 9.73. The molecule has 88 valence electrons. The number of nitrogens with two attached hydrogens (primary N) is 1. The molecular weight excluding hydrogens is 218 g/mol. The summed E-state index contributed by atoms with van der Waals surface area (Å²) >= 11 is 0. The fourth-order valence-corrected chi connectivity index (χ4v) is 1.71. The van der Waals surface area contributed by atoms with Crippen molar-refractivity contribution < 1.29 is 13.8 Å². The van der Waals surface area contributed by atoms with Crippen molar-refractivity contribution >= 4 is 22.7 Å². The zero-order valence-electron chi connectivity index (χ0n) is 8.91. The summed E-state index contributed by atoms with van der Waals surface area (Å²) in [6, 6.07) is -0.570. The molecule has 0 aromatic carbocycles. The normalized spacial score (nSPS) is 14.1. The molecule has 0 spiro atoms. The highest BCUT2D eigenvalue weighted by molar-refractivity contribution is 7.86. The van der Waals surface area contributed by atoms with Crippen molar-refractivity contribution in [2.45, 2.75) is 19.1 Å². The van der Waals surface area contributed by atoms with Gasteiger partial charge in [-0.25, -0.2) is 4.79 Å². The molecule has 0 saturated heterocycles. The summed E-state index contributed by atoms with van der Waals surface area (Å²) in [6.07, 6.45) is 0. The predicted molar refractivity (Wildman–Crippen MR) is 58.7 cm³/mol. The molecule has 0 heterocycles. The Morgan fingerprint density at radius 3 is 2.53 bits per heavy atom. The number of urea groups is 1. The lowest BCUT2D eigenvalue weighted by Crippen LogP contribution is -2.45. The Labute approximate surface area is 91.4 Å². The lowest BCUT2D eigenvalue weighted by Gasteiger charge is -2.10. The van der Waals surface area contributed by atoms with Crippen LogP contribution in [-0.4, -0.2) is 40.2 Å². The lowest BCUT2D eigenvalue weighted by molar-refractivity contribution is -0.119. The monoisotopic (exact) mass is 235 g/mol. The van der Waals surface area contributed by atoms with E-state index in [0.717, 1.165) is 0 Å². The number of imide groups is 1. The van der Waals surface area contributed by atoms with Crippen LogP contribution in [0.1, 0.15) is 13.8 Å². The van der Waals surface area contributed by atoms with Crippen LogP contribution in [0.15, 0.2) is 0 Å². The predicted octanol–water partition coefficient (Wildman–Crippen LogP) is -1.07. The van der Waals surface area contributed by atoms with E-state index in [0.29, 0.717) is 6.54 Å². The number of carbonyl (C=O) groups is 2. The molecule has 0 bridgehead atoms. The topological polar surface area (TPSA) is 101 Å². The zero-order chi connectivity index (χ0) is 11.8. The molecule has 7 heteroatoms. The van der Waals surface area contributed by atoms with Gasteiger partial charge in [-0.05, 0) is 13.8 Å². The van der Waals surface area contributed by atoms with Crippen molar-refractivity contribution in [1.82, 2.24) is 10.6 Å². The van der Waals surface area contributed by atoms with Crippen molar-refractivity contribution in [2.75, 3.05) is 18.8 Å². The van der Waals surface area contributed by atoms with Gasteiger partial charge < -0.3 is 11.1 Å². The van der Waals surface area contributed by atoms with E-state index in [4.69, 9.17) is 5.73 Å². The van der Waals surface area contributed by atoms with Crippen LogP contribution >= 0.6 is 0 Å². The van der Waals surface area contributed by atoms with Gasteiger partial charge in [-0.3, -0.25) is 14.3 Å². The number of nitrogens with one attached hydrogen (secondary N) is 2. The molecule has 0 fully saturated rings. The average Bonchev–Trinajstić information content (AvgIpc) is 2.17. The van der Waals surface area contributed by atoms with Gasteiger partial charge in [0.25, 0.3) is 0 Å². The molecule has 0 aliphatic rings. The van der Waals surface area contributed by atoms with Gasteiger partial charge in [0.05, 0.1) is 0 Å². The van der Waals surface area contributed by atoms with Gasteiger partial charge in [0.2, 0.25) is 5.91 Å². The van der Waals surface area contributed by atoms with Gasteiger partial charge in [0, 0.05) is 29.6 Å². The van der Waals surface area contributed by atoms with Crippen LogP contribution in [0, 0.1) is 0 Å². The summed E-state index contributed by atoms with van der Waals surface area (Å²) in [5, 5.41) is 3.78. The summed E-state index contributed by atoms with van der Waals surface area (Å²) in [4.78, 5) is 22.3. The largest absolute Gasteiger partial charge is 0.338 e. The Hall–Kier alpha value is -0.950. The summed E-state index contributed by atoms with van der Waals surface area (Å²) in [7, 11) is -1.33. The van der Waals surface area contributed by atoms with E-state index < -0.39 is 28.0 Å². The molecular formula is C8H17N3O3S. The molecule has 6 nitrogen and oxygen atoms in total. The Balaban J connectivity index is 4.09. The van der Waals surface area contributed by atoms with Crippen LogP contribution in [0.4, 0.5) is 4.79 Å². The van der Waals surface area contributed by atoms with Gasteiger partial charge in [-0.1, -0.05) is 0 Å². The van der Waals surface area contributed by atoms with Crippen LogP contribution in [0.25, 0.3) is 0 Å². The third-order valence-corrected chi connectivity index (χ3v) is 3.30. The van der Waals surface area contributed by atoms with Crippen LogP contribution in [-0.2, 0) is 15.6 Å². The highest BCUT2D eigenvalue weighted by Crippen LogP contribution is 1.95. The highest BCUT2D eigenvalue weighted by atomic mass is 32.2. The molecule has 3 amide bonds. The van der Waals surface area contributed by atoms with Crippen molar-refractivity contribution in [3.8, 4) is 0 Å². The maximum atomic E-state index is 11.4. The van der Waals surface area contributed by atoms with Crippen molar-refractivity contribution in [3.05, 3.63) is 0 Å². The molecule has 0 radical (unpaired) electrons. The lowest BCUT2D eigenvalue weighted by atomic mass is 10.4. The molecule has 2 unspecified atom stereocenters. The smallest absolute Gasteiger partial charge is 0.321 e. The second-order valence-electron chi connectivity index (χ2n) is 2.86. The van der Waals surface area contributed by atoms with E-state index >= 15 is 0 Å². The van der Waals surface area contributed by atoms with E-state index in [1.807, 2.05) is 0 Å². The number of carbonyl (C=O) groups excluding carboxylic acids is 2. The van der Waals surface area contributed by atoms with E-state index in [2.05, 4.69) is 10.6 Å². The van der Waals surface area contributed by atoms with Gasteiger partial charge in [0.15, 0.2) is 0 Å². The Bertz CT molecular complexity index is 258. The molecule has 0 rings (SSSR count). The maximum Gasteiger partial charge on any atom is 0.321 e. The fourth-order valence-electron chi connectivity index (χ4n) is 0.831. The van der Waals surface area contributed by atoms with E-state index in [1.165, 1.54) is 6.92 Å². The molecule has 2 atom stereocenters. The minimum absolute atomic E-state index is 0.254. The second kappa shape index (κ2) is 7.36. The van der Waals surface area contributed by atoms with Gasteiger partial charge in [-0.2, -0.15) is 0 Å². The third-order valence-electron chi connectivity index (χ3n) is 1.66. The fraction of sp³-hybridized carbons (Fsp3) is 0.750. The molecule has 4 N–H and O–H groups in total. The standard InChI is InChI=1S/C8H17N3O3S/c1-3-10-8(13)11-7(12)6(2)15(14)5-4-9/h6H,3-5,9H2,1-2H3,(H2,10,11,12,13). The number of hydrogen-bond acceptors (Lipinski definition) is 4. The first-order chi connectivity index (χ1) is 7.02. The number of rotatable bonds is 5. The maximum absolute atomic E-state index is 11.4. The first-order valence-electron chi connectivity index (χ1n) is 4.68. The highest BCUT2D eigenvalue weighted by Gasteiger charge is 2.20. The quantitative estimate of drug-likeness (QED) is 0.564. The molecule has 0 aromatic heterocycles. The summed E-state index contributed by atoms with van der Waals surface area (Å²) < 4.78 is 11.4. The van der Waals surface area contributed by atoms with Crippen LogP contribution in [0.2, 0.25) is 0 Å². The van der Waals surface area contributed by atoms with Crippen LogP contribution in [0.3, 0.4) is 0 Å². The Morgan fingerprint density at radius 2 is 2.07 bits per heavy atom. The first-order valence-corrected chi connectivity index (χ1v) is 6.07.